The summed E-state index contributed by atoms with van der Waals surface area (Å²) in [6.45, 7) is 0. The standard InChI is InChI=1S/C14H21N3/c1-17-14(15)12(7-16-17)13-10-3-8-2-9(5-10)6-11(13)4-8/h7-11,13H,2-6,15H2,1H3. The van der Waals surface area contributed by atoms with Crippen molar-refractivity contribution in [2.24, 2.45) is 30.7 Å². The zero-order chi connectivity index (χ0) is 11.6. The summed E-state index contributed by atoms with van der Waals surface area (Å²) in [6, 6.07) is 0. The third-order valence-electron chi connectivity index (χ3n) is 5.60. The molecule has 0 atom stereocenters. The number of aromatic nitrogens is 2. The highest BCUT2D eigenvalue weighted by atomic mass is 15.3. The van der Waals surface area contributed by atoms with Gasteiger partial charge in [0.15, 0.2) is 0 Å². The van der Waals surface area contributed by atoms with E-state index in [9.17, 15) is 0 Å². The van der Waals surface area contributed by atoms with E-state index in [2.05, 4.69) is 5.10 Å². The summed E-state index contributed by atoms with van der Waals surface area (Å²) < 4.78 is 1.83. The molecule has 92 valence electrons. The van der Waals surface area contributed by atoms with Crippen LogP contribution in [0.2, 0.25) is 0 Å². The van der Waals surface area contributed by atoms with Crippen LogP contribution in [-0.2, 0) is 7.05 Å². The molecule has 0 unspecified atom stereocenters. The average Bonchev–Trinajstić information content (AvgIpc) is 2.60. The van der Waals surface area contributed by atoms with Crippen LogP contribution in [0.3, 0.4) is 0 Å². The largest absolute Gasteiger partial charge is 0.384 e. The van der Waals surface area contributed by atoms with Crippen molar-refractivity contribution < 1.29 is 0 Å². The van der Waals surface area contributed by atoms with Crippen LogP contribution in [0.25, 0.3) is 0 Å². The Hall–Kier alpha value is -0.990. The Morgan fingerprint density at radius 2 is 1.71 bits per heavy atom. The summed E-state index contributed by atoms with van der Waals surface area (Å²) >= 11 is 0. The summed E-state index contributed by atoms with van der Waals surface area (Å²) in [5, 5.41) is 4.34. The Bertz CT molecular complexity index is 420. The molecule has 4 aliphatic carbocycles. The van der Waals surface area contributed by atoms with Gasteiger partial charge in [0.2, 0.25) is 0 Å². The zero-order valence-corrected chi connectivity index (χ0v) is 10.5. The lowest BCUT2D eigenvalue weighted by molar-refractivity contribution is -0.00256. The molecule has 2 N–H and O–H groups in total. The van der Waals surface area contributed by atoms with E-state index < -0.39 is 0 Å². The lowest BCUT2D eigenvalue weighted by atomic mass is 9.51. The Morgan fingerprint density at radius 3 is 2.18 bits per heavy atom. The molecule has 0 saturated heterocycles. The number of hydrogen-bond donors (Lipinski definition) is 1. The highest BCUT2D eigenvalue weighted by Crippen LogP contribution is 2.60. The van der Waals surface area contributed by atoms with Gasteiger partial charge < -0.3 is 5.73 Å². The monoisotopic (exact) mass is 231 g/mol. The Kier molecular flexibility index (Phi) is 1.92. The fourth-order valence-electron chi connectivity index (χ4n) is 5.15. The summed E-state index contributed by atoms with van der Waals surface area (Å²) in [5.74, 6) is 5.49. The lowest BCUT2D eigenvalue weighted by Crippen LogP contribution is -2.43. The predicted molar refractivity (Wildman–Crippen MR) is 67.4 cm³/mol. The number of rotatable bonds is 1. The second-order valence-electron chi connectivity index (χ2n) is 6.57. The van der Waals surface area contributed by atoms with Crippen molar-refractivity contribution in [1.82, 2.24) is 9.78 Å². The van der Waals surface area contributed by atoms with Gasteiger partial charge in [-0.1, -0.05) is 0 Å². The third kappa shape index (κ3) is 1.31. The Morgan fingerprint density at radius 1 is 1.12 bits per heavy atom. The molecule has 3 heteroatoms. The fraction of sp³-hybridized carbons (Fsp3) is 0.786. The number of nitrogens with zero attached hydrogens (tertiary/aromatic N) is 2. The second-order valence-corrected chi connectivity index (χ2v) is 6.57. The maximum atomic E-state index is 6.18. The van der Waals surface area contributed by atoms with Crippen molar-refractivity contribution in [2.45, 2.75) is 38.0 Å². The number of nitrogens with two attached hydrogens (primary N) is 1. The molecule has 0 aromatic carbocycles. The van der Waals surface area contributed by atoms with Crippen molar-refractivity contribution in [2.75, 3.05) is 5.73 Å². The van der Waals surface area contributed by atoms with Crippen molar-refractivity contribution in [1.29, 1.82) is 0 Å². The summed E-state index contributed by atoms with van der Waals surface area (Å²) in [4.78, 5) is 0. The second kappa shape index (κ2) is 3.27. The quantitative estimate of drug-likeness (QED) is 0.807. The first-order valence-electron chi connectivity index (χ1n) is 6.99. The molecule has 0 spiro atoms. The van der Waals surface area contributed by atoms with Gasteiger partial charge in [-0.2, -0.15) is 5.10 Å². The van der Waals surface area contributed by atoms with Crippen molar-refractivity contribution >= 4 is 5.82 Å². The number of nitrogen functional groups attached to an aromatic ring is 1. The molecule has 0 aliphatic heterocycles. The summed E-state index contributed by atoms with van der Waals surface area (Å²) in [7, 11) is 1.95. The first-order chi connectivity index (χ1) is 8.22. The zero-order valence-electron chi connectivity index (χ0n) is 10.5. The molecular formula is C14H21N3. The van der Waals surface area contributed by atoms with Crippen LogP contribution in [-0.4, -0.2) is 9.78 Å². The van der Waals surface area contributed by atoms with Crippen LogP contribution in [0.1, 0.15) is 43.6 Å². The number of hydrogen-bond acceptors (Lipinski definition) is 2. The maximum absolute atomic E-state index is 6.18. The molecule has 5 rings (SSSR count). The Labute approximate surface area is 102 Å². The smallest absolute Gasteiger partial charge is 0.124 e. The van der Waals surface area contributed by atoms with E-state index in [1.54, 1.807) is 0 Å². The minimum atomic E-state index is 0.719. The topological polar surface area (TPSA) is 43.8 Å². The normalized spacial score (nSPS) is 43.2. The maximum Gasteiger partial charge on any atom is 0.124 e. The van der Waals surface area contributed by atoms with Gasteiger partial charge >= 0.3 is 0 Å². The molecule has 17 heavy (non-hydrogen) atoms. The van der Waals surface area contributed by atoms with Crippen LogP contribution in [0.15, 0.2) is 6.20 Å². The van der Waals surface area contributed by atoms with Gasteiger partial charge in [-0.3, -0.25) is 4.68 Å². The molecule has 1 aromatic rings. The minimum absolute atomic E-state index is 0.719. The molecule has 1 heterocycles. The number of aryl methyl sites for hydroxylation is 1. The van der Waals surface area contributed by atoms with Crippen LogP contribution >= 0.6 is 0 Å². The average molecular weight is 231 g/mol. The van der Waals surface area contributed by atoms with Gasteiger partial charge in [0.05, 0.1) is 6.20 Å². The van der Waals surface area contributed by atoms with Crippen LogP contribution in [0.5, 0.6) is 0 Å². The predicted octanol–water partition coefficient (Wildman–Crippen LogP) is 2.54. The van der Waals surface area contributed by atoms with Crippen molar-refractivity contribution in [3.05, 3.63) is 11.8 Å². The van der Waals surface area contributed by atoms with Crippen molar-refractivity contribution in [3.8, 4) is 0 Å². The first kappa shape index (κ1) is 9.98. The molecule has 0 radical (unpaired) electrons. The fourth-order valence-corrected chi connectivity index (χ4v) is 5.15. The van der Waals surface area contributed by atoms with Gasteiger partial charge in [0.1, 0.15) is 5.82 Å². The molecule has 4 bridgehead atoms. The highest BCUT2D eigenvalue weighted by Gasteiger charge is 2.49. The van der Waals surface area contributed by atoms with Gasteiger partial charge in [0.25, 0.3) is 0 Å². The van der Waals surface area contributed by atoms with E-state index in [1.807, 2.05) is 17.9 Å². The van der Waals surface area contributed by atoms with E-state index >= 15 is 0 Å². The van der Waals surface area contributed by atoms with E-state index in [1.165, 1.54) is 37.7 Å². The Balaban J connectivity index is 1.73. The first-order valence-corrected chi connectivity index (χ1v) is 6.99. The lowest BCUT2D eigenvalue weighted by Gasteiger charge is -2.54. The minimum Gasteiger partial charge on any atom is -0.384 e. The summed E-state index contributed by atoms with van der Waals surface area (Å²) in [5.41, 5.74) is 7.53. The molecule has 0 amide bonds. The summed E-state index contributed by atoms with van der Waals surface area (Å²) in [6.07, 6.45) is 9.35. The van der Waals surface area contributed by atoms with Gasteiger partial charge in [0, 0.05) is 12.6 Å². The molecule has 4 aliphatic rings. The number of anilines is 1. The van der Waals surface area contributed by atoms with E-state index in [0.717, 1.165) is 35.4 Å². The highest BCUT2D eigenvalue weighted by molar-refractivity contribution is 5.42. The van der Waals surface area contributed by atoms with E-state index in [-0.39, 0.29) is 0 Å². The molecule has 4 fully saturated rings. The van der Waals surface area contributed by atoms with E-state index in [0.29, 0.717) is 0 Å². The van der Waals surface area contributed by atoms with E-state index in [4.69, 9.17) is 5.73 Å². The van der Waals surface area contributed by atoms with Crippen LogP contribution in [0.4, 0.5) is 5.82 Å². The van der Waals surface area contributed by atoms with Crippen molar-refractivity contribution in [3.63, 3.8) is 0 Å². The third-order valence-corrected chi connectivity index (χ3v) is 5.60. The molecule has 1 aromatic heterocycles. The van der Waals surface area contributed by atoms with Gasteiger partial charge in [-0.05, 0) is 61.7 Å². The molecule has 3 nitrogen and oxygen atoms in total. The van der Waals surface area contributed by atoms with Gasteiger partial charge in [-0.25, -0.2) is 0 Å². The van der Waals surface area contributed by atoms with Gasteiger partial charge in [-0.15, -0.1) is 0 Å². The molecular weight excluding hydrogens is 210 g/mol. The van der Waals surface area contributed by atoms with Crippen LogP contribution in [0, 0.1) is 23.7 Å². The molecule has 4 saturated carbocycles. The van der Waals surface area contributed by atoms with Crippen LogP contribution < -0.4 is 5.73 Å². The SMILES string of the molecule is Cn1ncc(C2C3CC4CC(C3)CC2C4)c1N.